The van der Waals surface area contributed by atoms with E-state index in [4.69, 9.17) is 4.74 Å². The molecule has 2 fully saturated rings. The number of hydrogen-bond acceptors (Lipinski definition) is 2. The fourth-order valence-corrected chi connectivity index (χ4v) is 3.05. The Balaban J connectivity index is 1.64. The first-order chi connectivity index (χ1) is 9.69. The normalized spacial score (nSPS) is 20.8. The molecule has 0 unspecified atom stereocenters. The van der Waals surface area contributed by atoms with E-state index < -0.39 is 0 Å². The highest BCUT2D eigenvalue weighted by molar-refractivity contribution is 5.36. The summed E-state index contributed by atoms with van der Waals surface area (Å²) in [5.41, 5.74) is 1.45. The van der Waals surface area contributed by atoms with Crippen LogP contribution in [0.2, 0.25) is 0 Å². The summed E-state index contributed by atoms with van der Waals surface area (Å²) < 4.78 is 6.49. The van der Waals surface area contributed by atoms with Crippen LogP contribution in [0, 0.1) is 0 Å². The van der Waals surface area contributed by atoms with Crippen molar-refractivity contribution in [1.82, 2.24) is 5.32 Å². The first kappa shape index (κ1) is 13.9. The van der Waals surface area contributed by atoms with Gasteiger partial charge in [0.1, 0.15) is 11.4 Å². The lowest BCUT2D eigenvalue weighted by atomic mass is 9.77. The Bertz CT molecular complexity index is 446. The van der Waals surface area contributed by atoms with E-state index in [1.807, 2.05) is 0 Å². The Kier molecular flexibility index (Phi) is 4.02. The number of hydrogen-bond donors (Lipinski definition) is 1. The van der Waals surface area contributed by atoms with E-state index in [1.54, 1.807) is 0 Å². The van der Waals surface area contributed by atoms with Crippen molar-refractivity contribution in [2.75, 3.05) is 6.54 Å². The van der Waals surface area contributed by atoms with Gasteiger partial charge in [-0.3, -0.25) is 0 Å². The summed E-state index contributed by atoms with van der Waals surface area (Å²) in [6.45, 7) is 5.59. The second-order valence-electron chi connectivity index (χ2n) is 6.81. The summed E-state index contributed by atoms with van der Waals surface area (Å²) >= 11 is 0. The molecule has 0 heterocycles. The lowest BCUT2D eigenvalue weighted by molar-refractivity contribution is -0.0151. The van der Waals surface area contributed by atoms with E-state index in [2.05, 4.69) is 43.4 Å². The van der Waals surface area contributed by atoms with Crippen molar-refractivity contribution in [3.05, 3.63) is 29.8 Å². The Hall–Kier alpha value is -1.02. The zero-order valence-corrected chi connectivity index (χ0v) is 12.8. The largest absolute Gasteiger partial charge is 0.487 e. The lowest BCUT2D eigenvalue weighted by Gasteiger charge is -2.43. The quantitative estimate of drug-likeness (QED) is 0.801. The molecule has 2 aliphatic carbocycles. The molecular formula is C18H27NO. The number of nitrogens with one attached hydrogen (secondary N) is 1. The molecule has 1 aromatic rings. The van der Waals surface area contributed by atoms with Crippen LogP contribution in [-0.4, -0.2) is 18.2 Å². The molecular weight excluding hydrogens is 246 g/mol. The summed E-state index contributed by atoms with van der Waals surface area (Å²) in [6.07, 6.45) is 7.62. The Labute approximate surface area is 122 Å². The highest BCUT2D eigenvalue weighted by Crippen LogP contribution is 2.41. The third kappa shape index (κ3) is 3.17. The number of ether oxygens (including phenoxy) is 1. The molecule has 0 amide bonds. The number of benzene rings is 1. The van der Waals surface area contributed by atoms with Crippen LogP contribution in [0.3, 0.4) is 0 Å². The van der Waals surface area contributed by atoms with E-state index in [-0.39, 0.29) is 5.60 Å². The second kappa shape index (κ2) is 5.77. The van der Waals surface area contributed by atoms with Crippen LogP contribution >= 0.6 is 0 Å². The van der Waals surface area contributed by atoms with Crippen LogP contribution in [-0.2, 0) is 0 Å². The molecule has 1 aromatic carbocycles. The van der Waals surface area contributed by atoms with Gasteiger partial charge in [0.2, 0.25) is 0 Å². The monoisotopic (exact) mass is 273 g/mol. The molecule has 0 atom stereocenters. The molecule has 0 bridgehead atoms. The van der Waals surface area contributed by atoms with Gasteiger partial charge >= 0.3 is 0 Å². The van der Waals surface area contributed by atoms with Crippen LogP contribution in [0.25, 0.3) is 0 Å². The zero-order chi connectivity index (χ0) is 14.0. The van der Waals surface area contributed by atoms with Crippen molar-refractivity contribution < 1.29 is 4.74 Å². The van der Waals surface area contributed by atoms with Crippen molar-refractivity contribution >= 4 is 0 Å². The van der Waals surface area contributed by atoms with Gasteiger partial charge in [0, 0.05) is 6.04 Å². The summed E-state index contributed by atoms with van der Waals surface area (Å²) in [4.78, 5) is 0. The number of para-hydroxylation sites is 1. The predicted octanol–water partition coefficient (Wildman–Crippen LogP) is 4.25. The van der Waals surface area contributed by atoms with Gasteiger partial charge in [-0.15, -0.1) is 0 Å². The maximum atomic E-state index is 6.49. The maximum absolute atomic E-state index is 6.49. The molecule has 0 spiro atoms. The molecule has 0 saturated heterocycles. The van der Waals surface area contributed by atoms with Crippen molar-refractivity contribution in [3.8, 4) is 5.75 Å². The second-order valence-corrected chi connectivity index (χ2v) is 6.81. The van der Waals surface area contributed by atoms with Gasteiger partial charge in [0.25, 0.3) is 0 Å². The van der Waals surface area contributed by atoms with Crippen LogP contribution < -0.4 is 10.1 Å². The van der Waals surface area contributed by atoms with Gasteiger partial charge in [0.15, 0.2) is 0 Å². The van der Waals surface area contributed by atoms with E-state index >= 15 is 0 Å². The van der Waals surface area contributed by atoms with Crippen molar-refractivity contribution in [1.29, 1.82) is 0 Å². The average Bonchev–Trinajstić information content (AvgIpc) is 3.20. The molecule has 0 aromatic heterocycles. The van der Waals surface area contributed by atoms with Crippen LogP contribution in [0.4, 0.5) is 0 Å². The third-order valence-corrected chi connectivity index (χ3v) is 4.72. The fraction of sp³-hybridized carbons (Fsp3) is 0.667. The predicted molar refractivity (Wildman–Crippen MR) is 83.4 cm³/mol. The molecule has 110 valence electrons. The highest BCUT2D eigenvalue weighted by atomic mass is 16.5. The third-order valence-electron chi connectivity index (χ3n) is 4.72. The minimum atomic E-state index is 0.104. The Morgan fingerprint density at radius 1 is 1.25 bits per heavy atom. The van der Waals surface area contributed by atoms with Crippen molar-refractivity contribution in [3.63, 3.8) is 0 Å². The summed E-state index contributed by atoms with van der Waals surface area (Å²) in [5, 5.41) is 3.62. The molecule has 2 aliphatic rings. The van der Waals surface area contributed by atoms with E-state index in [0.29, 0.717) is 5.92 Å². The number of rotatable bonds is 7. The van der Waals surface area contributed by atoms with Gasteiger partial charge in [-0.25, -0.2) is 0 Å². The Morgan fingerprint density at radius 2 is 2.00 bits per heavy atom. The topological polar surface area (TPSA) is 21.3 Å². The van der Waals surface area contributed by atoms with E-state index in [9.17, 15) is 0 Å². The van der Waals surface area contributed by atoms with Gasteiger partial charge in [-0.05, 0) is 62.6 Å². The summed E-state index contributed by atoms with van der Waals surface area (Å²) in [5.74, 6) is 1.63. The lowest BCUT2D eigenvalue weighted by Crippen LogP contribution is -2.45. The molecule has 3 rings (SSSR count). The standard InChI is InChI=1S/C18H27NO/c1-14(2)16-6-3-4-7-17(16)20-18(10-5-11-18)12-13-19-15-8-9-15/h3-4,6-7,14-15,19H,5,8-13H2,1-2H3. The van der Waals surface area contributed by atoms with Crippen molar-refractivity contribution in [2.45, 2.75) is 69.9 Å². The molecule has 0 aliphatic heterocycles. The molecule has 2 saturated carbocycles. The minimum absolute atomic E-state index is 0.104. The smallest absolute Gasteiger partial charge is 0.123 e. The average molecular weight is 273 g/mol. The zero-order valence-electron chi connectivity index (χ0n) is 12.8. The van der Waals surface area contributed by atoms with Crippen LogP contribution in [0.15, 0.2) is 24.3 Å². The molecule has 20 heavy (non-hydrogen) atoms. The summed E-state index contributed by atoms with van der Waals surface area (Å²) in [7, 11) is 0. The van der Waals surface area contributed by atoms with Gasteiger partial charge < -0.3 is 10.1 Å². The van der Waals surface area contributed by atoms with Gasteiger partial charge in [-0.1, -0.05) is 32.0 Å². The Morgan fingerprint density at radius 3 is 2.60 bits per heavy atom. The van der Waals surface area contributed by atoms with E-state index in [0.717, 1.165) is 24.8 Å². The first-order valence-electron chi connectivity index (χ1n) is 8.20. The molecule has 2 heteroatoms. The van der Waals surface area contributed by atoms with Gasteiger partial charge in [0.05, 0.1) is 0 Å². The fourth-order valence-electron chi connectivity index (χ4n) is 3.05. The minimum Gasteiger partial charge on any atom is -0.487 e. The SMILES string of the molecule is CC(C)c1ccccc1OC1(CCNC2CC2)CCC1. The highest BCUT2D eigenvalue weighted by Gasteiger charge is 2.39. The molecule has 0 radical (unpaired) electrons. The first-order valence-corrected chi connectivity index (χ1v) is 8.20. The van der Waals surface area contributed by atoms with Crippen molar-refractivity contribution in [2.24, 2.45) is 0 Å². The van der Waals surface area contributed by atoms with Crippen LogP contribution in [0.5, 0.6) is 5.75 Å². The van der Waals surface area contributed by atoms with E-state index in [1.165, 1.54) is 37.7 Å². The van der Waals surface area contributed by atoms with Crippen LogP contribution in [0.1, 0.15) is 63.9 Å². The molecule has 2 nitrogen and oxygen atoms in total. The van der Waals surface area contributed by atoms with Gasteiger partial charge in [-0.2, -0.15) is 0 Å². The maximum Gasteiger partial charge on any atom is 0.123 e. The summed E-state index contributed by atoms with van der Waals surface area (Å²) in [6, 6.07) is 9.36. The molecule has 1 N–H and O–H groups in total.